The van der Waals surface area contributed by atoms with Crippen LogP contribution >= 0.6 is 0 Å². The Morgan fingerprint density at radius 1 is 0.630 bits per heavy atom. The number of furan rings is 1. The molecule has 0 amide bonds. The fourth-order valence-corrected chi connectivity index (χ4v) is 5.17. The van der Waals surface area contributed by atoms with Crippen molar-refractivity contribution in [3.63, 3.8) is 0 Å². The molecule has 4 nitrogen and oxygen atoms in total. The molecule has 4 aromatic heterocycles. The fraction of sp³-hybridized carbons (Fsp3) is 0.146. The maximum Gasteiger partial charge on any atom is 0.156 e. The fourth-order valence-electron chi connectivity index (χ4n) is 5.17. The molecule has 4 heterocycles. The van der Waals surface area contributed by atoms with Gasteiger partial charge in [-0.15, -0.1) is 71.3 Å². The first kappa shape index (κ1) is 32.7. The molecule has 0 atom stereocenters. The Kier molecular flexibility index (Phi) is 10.1. The zero-order valence-corrected chi connectivity index (χ0v) is 29.0. The van der Waals surface area contributed by atoms with Crippen molar-refractivity contribution in [2.75, 3.05) is 0 Å². The van der Waals surface area contributed by atoms with Gasteiger partial charge in [-0.05, 0) is 72.1 Å². The topological polar surface area (TPSA) is 51.8 Å². The largest absolute Gasteiger partial charge is 0.454 e. The van der Waals surface area contributed by atoms with Gasteiger partial charge in [0.05, 0.1) is 0 Å². The minimum absolute atomic E-state index is 0. The molecule has 0 aliphatic rings. The van der Waals surface area contributed by atoms with Crippen molar-refractivity contribution >= 4 is 11.0 Å². The van der Waals surface area contributed by atoms with E-state index in [1.165, 1.54) is 11.1 Å². The smallest absolute Gasteiger partial charge is 0.156 e. The number of fused-ring (bicyclic) bond motifs is 1. The normalized spacial score (nSPS) is 11.0. The van der Waals surface area contributed by atoms with Crippen LogP contribution in [0.2, 0.25) is 0 Å². The Hall–Kier alpha value is -4.70. The number of hydrogen-bond acceptors (Lipinski definition) is 4. The third-order valence-corrected chi connectivity index (χ3v) is 7.77. The number of nitrogens with zero attached hydrogens (tertiary/aromatic N) is 3. The number of hydrogen-bond donors (Lipinski definition) is 0. The summed E-state index contributed by atoms with van der Waals surface area (Å²) >= 11 is 0. The first-order valence-corrected chi connectivity index (χ1v) is 15.1. The Balaban J connectivity index is 0.000000269. The number of aryl methyl sites for hydroxylation is 2. The molecule has 0 spiro atoms. The van der Waals surface area contributed by atoms with E-state index in [1.54, 1.807) is 6.20 Å². The second-order valence-electron chi connectivity index (χ2n) is 12.1. The van der Waals surface area contributed by atoms with Crippen LogP contribution in [-0.4, -0.2) is 15.0 Å². The van der Waals surface area contributed by atoms with Crippen molar-refractivity contribution < 1.29 is 24.5 Å². The van der Waals surface area contributed by atoms with Crippen LogP contribution in [0.5, 0.6) is 0 Å². The molecule has 46 heavy (non-hydrogen) atoms. The summed E-state index contributed by atoms with van der Waals surface area (Å²) in [5, 5.41) is 1.10. The molecule has 0 aliphatic heterocycles. The molecule has 0 fully saturated rings. The quantitative estimate of drug-likeness (QED) is 0.167. The molecule has 0 bridgehead atoms. The van der Waals surface area contributed by atoms with E-state index in [1.807, 2.05) is 73.1 Å². The summed E-state index contributed by atoms with van der Waals surface area (Å²) < 4.78 is 6.23. The molecule has 1 radical (unpaired) electrons. The van der Waals surface area contributed by atoms with Crippen LogP contribution in [0.25, 0.3) is 56.1 Å². The molecular weight excluding hydrogens is 743 g/mol. The van der Waals surface area contributed by atoms with Crippen molar-refractivity contribution in [3.8, 4) is 45.1 Å². The van der Waals surface area contributed by atoms with E-state index in [2.05, 4.69) is 99.2 Å². The number of rotatable bonds is 4. The van der Waals surface area contributed by atoms with Gasteiger partial charge in [0.1, 0.15) is 11.3 Å². The summed E-state index contributed by atoms with van der Waals surface area (Å²) in [5.41, 5.74) is 11.5. The molecule has 0 aliphatic carbocycles. The summed E-state index contributed by atoms with van der Waals surface area (Å²) in [6.45, 7) is 10.8. The molecule has 0 N–H and O–H groups in total. The Labute approximate surface area is 285 Å². The molecule has 0 saturated heterocycles. The standard InChI is InChI=1S/C30H27N2O.C11H8N.Ir/c1-19-13-14-31-27(15-19)23-8-6-7-21(16-23)22-9-12-28-25(17-22)20(2)29(33-28)26-11-10-24(18-32-26)30(3,4)5;1-2-6-10(7-3-1)11-8-4-5-9-12-11;/h6-7,9-18H,1-5H3;1-6,8-9H;/q2*-1;. The summed E-state index contributed by atoms with van der Waals surface area (Å²) in [4.78, 5) is 13.4. The van der Waals surface area contributed by atoms with Crippen molar-refractivity contribution in [2.24, 2.45) is 0 Å². The SMILES string of the molecule is Cc1ccnc(-c2[c-]ccc(-c3ccc4oc(-c5ccc(C(C)(C)C)cn5)c(C)c4c3)c2)c1.[Ir].[c-]1ccccc1-c1ccccn1. The van der Waals surface area contributed by atoms with Gasteiger partial charge >= 0.3 is 0 Å². The van der Waals surface area contributed by atoms with Crippen molar-refractivity contribution in [3.05, 3.63) is 151 Å². The molecule has 5 heteroatoms. The minimum Gasteiger partial charge on any atom is -0.454 e. The van der Waals surface area contributed by atoms with Crippen LogP contribution in [-0.2, 0) is 25.5 Å². The average Bonchev–Trinajstić information content (AvgIpc) is 3.41. The second-order valence-corrected chi connectivity index (χ2v) is 12.1. The first-order valence-electron chi connectivity index (χ1n) is 15.1. The maximum absolute atomic E-state index is 6.23. The van der Waals surface area contributed by atoms with Crippen molar-refractivity contribution in [1.82, 2.24) is 15.0 Å². The van der Waals surface area contributed by atoms with Gasteiger partial charge in [-0.25, -0.2) is 0 Å². The van der Waals surface area contributed by atoms with Gasteiger partial charge < -0.3 is 14.4 Å². The predicted octanol–water partition coefficient (Wildman–Crippen LogP) is 10.5. The predicted molar refractivity (Wildman–Crippen MR) is 184 cm³/mol. The molecule has 231 valence electrons. The van der Waals surface area contributed by atoms with Crippen molar-refractivity contribution in [1.29, 1.82) is 0 Å². The van der Waals surface area contributed by atoms with E-state index in [0.29, 0.717) is 0 Å². The monoisotopic (exact) mass is 778 g/mol. The van der Waals surface area contributed by atoms with Gasteiger partial charge in [-0.2, -0.15) is 0 Å². The first-order chi connectivity index (χ1) is 21.8. The summed E-state index contributed by atoms with van der Waals surface area (Å²) in [5.74, 6) is 0.827. The zero-order chi connectivity index (χ0) is 31.4. The average molecular weight is 778 g/mol. The molecule has 7 aromatic rings. The minimum atomic E-state index is 0. The molecule has 0 saturated carbocycles. The van der Waals surface area contributed by atoms with Gasteiger partial charge in [0, 0.05) is 49.6 Å². The van der Waals surface area contributed by atoms with E-state index in [0.717, 1.165) is 61.6 Å². The molecule has 3 aromatic carbocycles. The molecular formula is C41H35IrN3O-2. The third kappa shape index (κ3) is 7.39. The van der Waals surface area contributed by atoms with E-state index < -0.39 is 0 Å². The van der Waals surface area contributed by atoms with Crippen LogP contribution in [0.4, 0.5) is 0 Å². The van der Waals surface area contributed by atoms with Crippen LogP contribution in [0, 0.1) is 26.0 Å². The Bertz CT molecular complexity index is 2010. The summed E-state index contributed by atoms with van der Waals surface area (Å²) in [6, 6.07) is 41.0. The van der Waals surface area contributed by atoms with E-state index >= 15 is 0 Å². The van der Waals surface area contributed by atoms with Gasteiger partial charge in [0.15, 0.2) is 5.76 Å². The van der Waals surface area contributed by atoms with Crippen LogP contribution in [0.15, 0.2) is 126 Å². The van der Waals surface area contributed by atoms with Gasteiger partial charge in [-0.3, -0.25) is 4.98 Å². The number of pyridine rings is 3. The number of aromatic nitrogens is 3. The van der Waals surface area contributed by atoms with Crippen LogP contribution < -0.4 is 0 Å². The van der Waals surface area contributed by atoms with E-state index in [4.69, 9.17) is 9.40 Å². The van der Waals surface area contributed by atoms with Crippen LogP contribution in [0.3, 0.4) is 0 Å². The summed E-state index contributed by atoms with van der Waals surface area (Å²) in [6.07, 6.45) is 5.58. The van der Waals surface area contributed by atoms with Gasteiger partial charge in [-0.1, -0.05) is 56.7 Å². The van der Waals surface area contributed by atoms with Gasteiger partial charge in [0.25, 0.3) is 0 Å². The Morgan fingerprint density at radius 2 is 1.41 bits per heavy atom. The van der Waals surface area contributed by atoms with Gasteiger partial charge in [0.2, 0.25) is 0 Å². The Morgan fingerprint density at radius 3 is 2.11 bits per heavy atom. The van der Waals surface area contributed by atoms with E-state index in [-0.39, 0.29) is 25.5 Å². The zero-order valence-electron chi connectivity index (χ0n) is 26.6. The second kappa shape index (κ2) is 14.2. The summed E-state index contributed by atoms with van der Waals surface area (Å²) in [7, 11) is 0. The number of benzene rings is 3. The van der Waals surface area contributed by atoms with Crippen molar-refractivity contribution in [2.45, 2.75) is 40.0 Å². The molecule has 7 rings (SSSR count). The maximum atomic E-state index is 6.23. The molecule has 0 unspecified atom stereocenters. The van der Waals surface area contributed by atoms with E-state index in [9.17, 15) is 0 Å². The van der Waals surface area contributed by atoms with Crippen LogP contribution in [0.1, 0.15) is 37.5 Å². The third-order valence-electron chi connectivity index (χ3n) is 7.77.